The Labute approximate surface area is 140 Å². The van der Waals surface area contributed by atoms with Gasteiger partial charge in [0.15, 0.2) is 5.65 Å². The van der Waals surface area contributed by atoms with Crippen molar-refractivity contribution in [1.82, 2.24) is 15.2 Å². The summed E-state index contributed by atoms with van der Waals surface area (Å²) in [5.74, 6) is 0.836. The SMILES string of the molecule is COc1cc(C)c2nc3n[nH]c(C)c3c(NCC3CCCO3)c2c1. The van der Waals surface area contributed by atoms with Crippen LogP contribution in [0.5, 0.6) is 5.75 Å². The molecule has 4 rings (SSSR count). The van der Waals surface area contributed by atoms with Gasteiger partial charge in [-0.15, -0.1) is 0 Å². The molecule has 1 aliphatic rings. The second kappa shape index (κ2) is 5.94. The number of hydrogen-bond acceptors (Lipinski definition) is 5. The van der Waals surface area contributed by atoms with Crippen molar-refractivity contribution in [2.24, 2.45) is 0 Å². The molecule has 1 unspecified atom stereocenters. The topological polar surface area (TPSA) is 72.1 Å². The molecule has 2 N–H and O–H groups in total. The molecule has 24 heavy (non-hydrogen) atoms. The van der Waals surface area contributed by atoms with Crippen molar-refractivity contribution in [1.29, 1.82) is 0 Å². The van der Waals surface area contributed by atoms with Gasteiger partial charge in [-0.25, -0.2) is 4.98 Å². The largest absolute Gasteiger partial charge is 0.497 e. The molecule has 3 aromatic rings. The van der Waals surface area contributed by atoms with Crippen LogP contribution in [0.15, 0.2) is 12.1 Å². The maximum atomic E-state index is 5.75. The first-order valence-corrected chi connectivity index (χ1v) is 8.36. The van der Waals surface area contributed by atoms with Gasteiger partial charge in [0.1, 0.15) is 5.75 Å². The second-order valence-electron chi connectivity index (χ2n) is 6.39. The summed E-state index contributed by atoms with van der Waals surface area (Å²) in [7, 11) is 1.69. The van der Waals surface area contributed by atoms with Crippen molar-refractivity contribution in [3.8, 4) is 5.75 Å². The van der Waals surface area contributed by atoms with Crippen molar-refractivity contribution in [2.45, 2.75) is 32.8 Å². The Balaban J connectivity index is 1.89. The maximum absolute atomic E-state index is 5.75. The van der Waals surface area contributed by atoms with E-state index in [-0.39, 0.29) is 6.10 Å². The molecule has 1 aliphatic heterocycles. The number of anilines is 1. The highest BCUT2D eigenvalue weighted by atomic mass is 16.5. The van der Waals surface area contributed by atoms with E-state index in [4.69, 9.17) is 14.5 Å². The first-order chi connectivity index (χ1) is 11.7. The molecule has 126 valence electrons. The number of methoxy groups -OCH3 is 1. The predicted octanol–water partition coefficient (Wildman–Crippen LogP) is 3.33. The summed E-state index contributed by atoms with van der Waals surface area (Å²) < 4.78 is 11.2. The van der Waals surface area contributed by atoms with E-state index in [1.807, 2.05) is 26.0 Å². The first-order valence-electron chi connectivity index (χ1n) is 8.36. The average Bonchev–Trinajstić information content (AvgIpc) is 3.22. The third-order valence-electron chi connectivity index (χ3n) is 4.71. The summed E-state index contributed by atoms with van der Waals surface area (Å²) in [6.45, 7) is 5.71. The van der Waals surface area contributed by atoms with E-state index < -0.39 is 0 Å². The molecule has 1 fully saturated rings. The van der Waals surface area contributed by atoms with E-state index >= 15 is 0 Å². The monoisotopic (exact) mass is 326 g/mol. The number of H-pyrrole nitrogens is 1. The molecular formula is C18H22N4O2. The number of aryl methyl sites for hydroxylation is 2. The van der Waals surface area contributed by atoms with Crippen LogP contribution < -0.4 is 10.1 Å². The third kappa shape index (κ3) is 2.47. The molecule has 3 heterocycles. The molecule has 6 nitrogen and oxygen atoms in total. The summed E-state index contributed by atoms with van der Waals surface area (Å²) in [5, 5.41) is 13.1. The minimum absolute atomic E-state index is 0.266. The number of aromatic nitrogens is 3. The van der Waals surface area contributed by atoms with E-state index in [1.165, 1.54) is 0 Å². The second-order valence-corrected chi connectivity index (χ2v) is 6.39. The van der Waals surface area contributed by atoms with Crippen LogP contribution >= 0.6 is 0 Å². The molecule has 0 saturated carbocycles. The van der Waals surface area contributed by atoms with Gasteiger partial charge in [-0.2, -0.15) is 5.10 Å². The number of hydrogen-bond donors (Lipinski definition) is 2. The molecule has 1 saturated heterocycles. The van der Waals surface area contributed by atoms with Gasteiger partial charge in [-0.1, -0.05) is 0 Å². The zero-order valence-corrected chi connectivity index (χ0v) is 14.3. The van der Waals surface area contributed by atoms with Crippen LogP contribution in [0.2, 0.25) is 0 Å². The number of nitrogens with one attached hydrogen (secondary N) is 2. The molecule has 0 amide bonds. The Kier molecular flexibility index (Phi) is 3.76. The Morgan fingerprint density at radius 3 is 3.00 bits per heavy atom. The fourth-order valence-corrected chi connectivity index (χ4v) is 3.45. The quantitative estimate of drug-likeness (QED) is 0.769. The zero-order chi connectivity index (χ0) is 16.7. The third-order valence-corrected chi connectivity index (χ3v) is 4.71. The zero-order valence-electron chi connectivity index (χ0n) is 14.3. The molecule has 1 atom stereocenters. The number of fused-ring (bicyclic) bond motifs is 2. The fraction of sp³-hybridized carbons (Fsp3) is 0.444. The van der Waals surface area contributed by atoms with Gasteiger partial charge in [0, 0.05) is 24.2 Å². The average molecular weight is 326 g/mol. The van der Waals surface area contributed by atoms with Gasteiger partial charge in [0.05, 0.1) is 29.8 Å². The van der Waals surface area contributed by atoms with Crippen molar-refractivity contribution < 1.29 is 9.47 Å². The highest BCUT2D eigenvalue weighted by Gasteiger charge is 2.19. The lowest BCUT2D eigenvalue weighted by molar-refractivity contribution is 0.120. The first kappa shape index (κ1) is 15.2. The summed E-state index contributed by atoms with van der Waals surface area (Å²) in [4.78, 5) is 4.74. The number of benzene rings is 1. The van der Waals surface area contributed by atoms with Crippen LogP contribution in [0.25, 0.3) is 21.9 Å². The Morgan fingerprint density at radius 2 is 2.25 bits per heavy atom. The smallest absolute Gasteiger partial charge is 0.183 e. The summed E-state index contributed by atoms with van der Waals surface area (Å²) in [6, 6.07) is 4.05. The van der Waals surface area contributed by atoms with Crippen LogP contribution in [-0.2, 0) is 4.74 Å². The van der Waals surface area contributed by atoms with Gasteiger partial charge in [0.25, 0.3) is 0 Å². The Hall–Kier alpha value is -2.34. The van der Waals surface area contributed by atoms with Gasteiger partial charge in [-0.05, 0) is 44.4 Å². The fourth-order valence-electron chi connectivity index (χ4n) is 3.45. The van der Waals surface area contributed by atoms with Crippen molar-refractivity contribution >= 4 is 27.6 Å². The van der Waals surface area contributed by atoms with Crippen LogP contribution in [-0.4, -0.2) is 41.5 Å². The van der Waals surface area contributed by atoms with Gasteiger partial charge in [-0.3, -0.25) is 5.10 Å². The number of nitrogens with zero attached hydrogens (tertiary/aromatic N) is 2. The number of pyridine rings is 1. The molecule has 6 heteroatoms. The van der Waals surface area contributed by atoms with E-state index in [0.717, 1.165) is 70.6 Å². The Morgan fingerprint density at radius 1 is 1.38 bits per heavy atom. The van der Waals surface area contributed by atoms with E-state index in [0.29, 0.717) is 0 Å². The van der Waals surface area contributed by atoms with Gasteiger partial charge < -0.3 is 14.8 Å². The normalized spacial score (nSPS) is 17.7. The maximum Gasteiger partial charge on any atom is 0.183 e. The van der Waals surface area contributed by atoms with Crippen LogP contribution in [0.4, 0.5) is 5.69 Å². The minimum atomic E-state index is 0.266. The lowest BCUT2D eigenvalue weighted by Gasteiger charge is -2.16. The van der Waals surface area contributed by atoms with E-state index in [1.54, 1.807) is 7.11 Å². The molecule has 0 aliphatic carbocycles. The van der Waals surface area contributed by atoms with Crippen LogP contribution in [0, 0.1) is 13.8 Å². The highest BCUT2D eigenvalue weighted by molar-refractivity contribution is 6.08. The molecular weight excluding hydrogens is 304 g/mol. The van der Waals surface area contributed by atoms with Gasteiger partial charge in [0.2, 0.25) is 0 Å². The van der Waals surface area contributed by atoms with Gasteiger partial charge >= 0.3 is 0 Å². The highest BCUT2D eigenvalue weighted by Crippen LogP contribution is 2.35. The standard InChI is InChI=1S/C18H22N4O2/c1-10-7-13(23-3)8-14-16(10)20-18-15(11(2)21-22-18)17(14)19-9-12-5-4-6-24-12/h7-8,12H,4-6,9H2,1-3H3,(H2,19,20,21,22). The van der Waals surface area contributed by atoms with Crippen molar-refractivity contribution in [3.05, 3.63) is 23.4 Å². The lowest BCUT2D eigenvalue weighted by Crippen LogP contribution is -2.18. The number of ether oxygens (including phenoxy) is 2. The van der Waals surface area contributed by atoms with Crippen molar-refractivity contribution in [3.63, 3.8) is 0 Å². The van der Waals surface area contributed by atoms with Crippen LogP contribution in [0.3, 0.4) is 0 Å². The summed E-state index contributed by atoms with van der Waals surface area (Å²) in [5.41, 5.74) is 4.83. The number of aromatic amines is 1. The molecule has 1 aromatic carbocycles. The molecule has 0 spiro atoms. The van der Waals surface area contributed by atoms with E-state index in [2.05, 4.69) is 15.5 Å². The Bertz CT molecular complexity index is 897. The van der Waals surface area contributed by atoms with E-state index in [9.17, 15) is 0 Å². The molecule has 0 radical (unpaired) electrons. The lowest BCUT2D eigenvalue weighted by atomic mass is 10.1. The van der Waals surface area contributed by atoms with Crippen LogP contribution in [0.1, 0.15) is 24.1 Å². The predicted molar refractivity (Wildman–Crippen MR) is 94.9 cm³/mol. The molecule has 2 aromatic heterocycles. The molecule has 0 bridgehead atoms. The van der Waals surface area contributed by atoms with Crippen molar-refractivity contribution in [2.75, 3.05) is 25.6 Å². The number of rotatable bonds is 4. The minimum Gasteiger partial charge on any atom is -0.497 e. The summed E-state index contributed by atoms with van der Waals surface area (Å²) >= 11 is 0. The summed E-state index contributed by atoms with van der Waals surface area (Å²) in [6.07, 6.45) is 2.50.